The summed E-state index contributed by atoms with van der Waals surface area (Å²) in [6, 6.07) is 13.5. The molecule has 0 spiro atoms. The van der Waals surface area contributed by atoms with E-state index in [1.807, 2.05) is 37.3 Å². The second-order valence-corrected chi connectivity index (χ2v) is 12.8. The zero-order valence-electron chi connectivity index (χ0n) is 18.8. The van der Waals surface area contributed by atoms with Crippen LogP contribution < -0.4 is 0 Å². The maximum absolute atomic E-state index is 13.7. The molecule has 1 saturated heterocycles. The van der Waals surface area contributed by atoms with Gasteiger partial charge in [0.05, 0.1) is 11.5 Å². The van der Waals surface area contributed by atoms with Crippen molar-refractivity contribution in [2.24, 2.45) is 0 Å². The van der Waals surface area contributed by atoms with Crippen molar-refractivity contribution in [1.82, 2.24) is 4.90 Å². The van der Waals surface area contributed by atoms with Crippen LogP contribution in [0.2, 0.25) is 0 Å². The molecule has 7 heteroatoms. The van der Waals surface area contributed by atoms with Gasteiger partial charge in [0.25, 0.3) is 5.91 Å². The van der Waals surface area contributed by atoms with Gasteiger partial charge in [-0.25, -0.2) is 8.42 Å². The van der Waals surface area contributed by atoms with Crippen LogP contribution >= 0.6 is 15.9 Å². The second-order valence-electron chi connectivity index (χ2n) is 9.63. The van der Waals surface area contributed by atoms with E-state index in [1.54, 1.807) is 4.90 Å². The Balaban J connectivity index is 1.70. The van der Waals surface area contributed by atoms with Crippen LogP contribution in [0.15, 0.2) is 51.4 Å². The fraction of sp³-hybridized carbons (Fsp3) is 0.400. The summed E-state index contributed by atoms with van der Waals surface area (Å²) >= 11 is 3.47. The number of sulfone groups is 1. The molecule has 170 valence electrons. The normalized spacial score (nSPS) is 18.2. The fourth-order valence-electron chi connectivity index (χ4n) is 4.22. The lowest BCUT2D eigenvalue weighted by Crippen LogP contribution is -2.40. The number of fused-ring (bicyclic) bond motifs is 1. The molecule has 32 heavy (non-hydrogen) atoms. The third-order valence-corrected chi connectivity index (χ3v) is 8.42. The van der Waals surface area contributed by atoms with E-state index in [1.165, 1.54) is 5.56 Å². The number of halogens is 1. The monoisotopic (exact) mass is 517 g/mol. The molecule has 5 nitrogen and oxygen atoms in total. The Labute approximate surface area is 197 Å². The van der Waals surface area contributed by atoms with Crippen LogP contribution in [-0.4, -0.2) is 36.8 Å². The van der Waals surface area contributed by atoms with E-state index in [-0.39, 0.29) is 34.6 Å². The number of benzene rings is 2. The Morgan fingerprint density at radius 3 is 2.44 bits per heavy atom. The molecule has 1 fully saturated rings. The second kappa shape index (κ2) is 8.34. The zero-order chi connectivity index (χ0) is 23.3. The molecule has 1 aliphatic heterocycles. The highest BCUT2D eigenvalue weighted by atomic mass is 79.9. The highest BCUT2D eigenvalue weighted by Gasteiger charge is 2.36. The number of carbonyl (C=O) groups is 1. The van der Waals surface area contributed by atoms with Gasteiger partial charge in [0.1, 0.15) is 5.58 Å². The van der Waals surface area contributed by atoms with Crippen LogP contribution in [-0.2, 0) is 21.8 Å². The summed E-state index contributed by atoms with van der Waals surface area (Å²) in [7, 11) is -3.15. The Kier molecular flexibility index (Phi) is 6.01. The maximum Gasteiger partial charge on any atom is 0.290 e. The Morgan fingerprint density at radius 1 is 1.16 bits per heavy atom. The number of hydrogen-bond donors (Lipinski definition) is 0. The molecule has 1 amide bonds. The van der Waals surface area contributed by atoms with Crippen molar-refractivity contribution >= 4 is 42.6 Å². The Hall–Kier alpha value is -2.12. The first-order valence-electron chi connectivity index (χ1n) is 10.7. The minimum absolute atomic E-state index is 0.0103. The quantitative estimate of drug-likeness (QED) is 0.449. The third-order valence-electron chi connectivity index (χ3n) is 6.18. The van der Waals surface area contributed by atoms with E-state index in [0.717, 1.165) is 21.0 Å². The molecule has 0 N–H and O–H groups in total. The van der Waals surface area contributed by atoms with Gasteiger partial charge in [-0.2, -0.15) is 0 Å². The van der Waals surface area contributed by atoms with Gasteiger partial charge < -0.3 is 9.32 Å². The number of nitrogens with zero attached hydrogens (tertiary/aromatic N) is 1. The lowest BCUT2D eigenvalue weighted by molar-refractivity contribution is 0.0649. The summed E-state index contributed by atoms with van der Waals surface area (Å²) in [5.41, 5.74) is 3.61. The topological polar surface area (TPSA) is 67.6 Å². The van der Waals surface area contributed by atoms with Crippen LogP contribution in [0.5, 0.6) is 0 Å². The van der Waals surface area contributed by atoms with E-state index in [0.29, 0.717) is 18.5 Å². The molecule has 2 heterocycles. The number of furan rings is 1. The first-order valence-corrected chi connectivity index (χ1v) is 13.4. The van der Waals surface area contributed by atoms with Crippen molar-refractivity contribution < 1.29 is 17.6 Å². The average Bonchev–Trinajstić information content (AvgIpc) is 3.24. The number of hydrogen-bond acceptors (Lipinski definition) is 4. The Bertz CT molecular complexity index is 1270. The van der Waals surface area contributed by atoms with Crippen molar-refractivity contribution in [3.63, 3.8) is 0 Å². The van der Waals surface area contributed by atoms with Gasteiger partial charge in [-0.3, -0.25) is 4.79 Å². The van der Waals surface area contributed by atoms with E-state index in [4.69, 9.17) is 4.42 Å². The summed E-state index contributed by atoms with van der Waals surface area (Å²) < 4.78 is 31.2. The minimum atomic E-state index is -3.15. The summed E-state index contributed by atoms with van der Waals surface area (Å²) in [6.07, 6.45) is 0.443. The van der Waals surface area contributed by atoms with Crippen LogP contribution in [0.1, 0.15) is 54.4 Å². The van der Waals surface area contributed by atoms with Crippen molar-refractivity contribution in [2.45, 2.75) is 52.1 Å². The van der Waals surface area contributed by atoms with Gasteiger partial charge in [-0.1, -0.05) is 61.0 Å². The third kappa shape index (κ3) is 4.64. The van der Waals surface area contributed by atoms with E-state index >= 15 is 0 Å². The molecular formula is C25H28BrNO4S. The lowest BCUT2D eigenvalue weighted by Gasteiger charge is -2.28. The molecule has 0 aliphatic carbocycles. The number of aryl methyl sites for hydroxylation is 1. The summed E-state index contributed by atoms with van der Waals surface area (Å²) in [6.45, 7) is 8.68. The van der Waals surface area contributed by atoms with E-state index in [2.05, 4.69) is 48.8 Å². The maximum atomic E-state index is 13.7. The molecular weight excluding hydrogens is 490 g/mol. The molecule has 3 aromatic rings. The van der Waals surface area contributed by atoms with Gasteiger partial charge in [0.2, 0.25) is 0 Å². The van der Waals surface area contributed by atoms with E-state index in [9.17, 15) is 13.2 Å². The number of amides is 1. The standard InChI is InChI=1S/C25H28BrNO4S/c1-16-21-13-19(26)9-10-22(21)31-23(16)24(28)27(20-11-12-32(29,30)15-20)14-17-5-7-18(8-6-17)25(2,3)4/h5-10,13,20H,11-12,14-15H2,1-4H3/t20-/m1/s1. The molecule has 0 radical (unpaired) electrons. The molecule has 0 unspecified atom stereocenters. The van der Waals surface area contributed by atoms with Crippen LogP contribution in [0.4, 0.5) is 0 Å². The van der Waals surface area contributed by atoms with Gasteiger partial charge in [-0.05, 0) is 48.1 Å². The molecule has 1 atom stereocenters. The first kappa shape index (κ1) is 23.1. The summed E-state index contributed by atoms with van der Waals surface area (Å²) in [5.74, 6) is 0.102. The molecule has 1 aliphatic rings. The van der Waals surface area contributed by atoms with Crippen LogP contribution in [0.3, 0.4) is 0 Å². The predicted molar refractivity (Wildman–Crippen MR) is 131 cm³/mol. The highest BCUT2D eigenvalue weighted by molar-refractivity contribution is 9.10. The van der Waals surface area contributed by atoms with Crippen molar-refractivity contribution in [1.29, 1.82) is 0 Å². The first-order chi connectivity index (χ1) is 14.9. The molecule has 1 aromatic heterocycles. The number of carbonyl (C=O) groups excluding carboxylic acids is 1. The van der Waals surface area contributed by atoms with Crippen molar-refractivity contribution in [3.8, 4) is 0 Å². The predicted octanol–water partition coefficient (Wildman–Crippen LogP) is 5.63. The van der Waals surface area contributed by atoms with Gasteiger partial charge >= 0.3 is 0 Å². The zero-order valence-corrected chi connectivity index (χ0v) is 21.2. The molecule has 2 aromatic carbocycles. The smallest absolute Gasteiger partial charge is 0.290 e. The highest BCUT2D eigenvalue weighted by Crippen LogP contribution is 2.31. The fourth-order valence-corrected chi connectivity index (χ4v) is 6.31. The summed E-state index contributed by atoms with van der Waals surface area (Å²) in [4.78, 5) is 15.4. The van der Waals surface area contributed by atoms with Crippen molar-refractivity contribution in [3.05, 3.63) is 69.4 Å². The van der Waals surface area contributed by atoms with Crippen molar-refractivity contribution in [2.75, 3.05) is 11.5 Å². The van der Waals surface area contributed by atoms with Gasteiger partial charge in [0, 0.05) is 28.0 Å². The summed E-state index contributed by atoms with van der Waals surface area (Å²) in [5, 5.41) is 0.872. The lowest BCUT2D eigenvalue weighted by atomic mass is 9.86. The average molecular weight is 518 g/mol. The minimum Gasteiger partial charge on any atom is -0.451 e. The van der Waals surface area contributed by atoms with Crippen LogP contribution in [0, 0.1) is 6.92 Å². The SMILES string of the molecule is Cc1c(C(=O)N(Cc2ccc(C(C)(C)C)cc2)[C@@H]2CCS(=O)(=O)C2)oc2ccc(Br)cc12. The van der Waals surface area contributed by atoms with Gasteiger partial charge in [0.15, 0.2) is 15.6 Å². The molecule has 4 rings (SSSR count). The number of rotatable bonds is 4. The largest absolute Gasteiger partial charge is 0.451 e. The van der Waals surface area contributed by atoms with E-state index < -0.39 is 9.84 Å². The molecule has 0 saturated carbocycles. The molecule has 0 bridgehead atoms. The van der Waals surface area contributed by atoms with Crippen LogP contribution in [0.25, 0.3) is 11.0 Å². The van der Waals surface area contributed by atoms with Gasteiger partial charge in [-0.15, -0.1) is 0 Å². The Morgan fingerprint density at radius 2 is 1.84 bits per heavy atom.